The number of rotatable bonds is 3. The van der Waals surface area contributed by atoms with Crippen molar-refractivity contribution in [2.75, 3.05) is 11.5 Å². The van der Waals surface area contributed by atoms with E-state index in [-0.39, 0.29) is 12.5 Å². The van der Waals surface area contributed by atoms with Crippen molar-refractivity contribution in [2.45, 2.75) is 45.9 Å². The van der Waals surface area contributed by atoms with E-state index >= 15 is 0 Å². The molecule has 1 aliphatic heterocycles. The average molecular weight is 433 g/mol. The minimum absolute atomic E-state index is 0.0279. The number of ether oxygens (including phenoxy) is 2. The van der Waals surface area contributed by atoms with Crippen molar-refractivity contribution < 1.29 is 19.1 Å². The fourth-order valence-electron chi connectivity index (χ4n) is 3.88. The van der Waals surface area contributed by atoms with Gasteiger partial charge < -0.3 is 19.7 Å². The Bertz CT molecular complexity index is 1170. The lowest BCUT2D eigenvalue weighted by atomic mass is 9.99. The van der Waals surface area contributed by atoms with Crippen molar-refractivity contribution in [3.05, 3.63) is 71.8 Å². The molecule has 4 rings (SSSR count). The molecule has 6 heteroatoms. The molecular weight excluding hydrogens is 404 g/mol. The Morgan fingerprint density at radius 2 is 1.81 bits per heavy atom. The number of aryl methyl sites for hydroxylation is 1. The van der Waals surface area contributed by atoms with E-state index in [4.69, 9.17) is 9.47 Å². The zero-order valence-corrected chi connectivity index (χ0v) is 18.8. The van der Waals surface area contributed by atoms with Crippen molar-refractivity contribution in [3.8, 4) is 5.75 Å². The number of carbonyl (C=O) groups excluding carboxylic acids is 2. The van der Waals surface area contributed by atoms with Crippen molar-refractivity contribution in [3.63, 3.8) is 0 Å². The third-order valence-electron chi connectivity index (χ3n) is 5.41. The molecule has 32 heavy (non-hydrogen) atoms. The maximum absolute atomic E-state index is 13.6. The van der Waals surface area contributed by atoms with Crippen molar-refractivity contribution >= 4 is 28.5 Å². The molecule has 6 nitrogen and oxygen atoms in total. The summed E-state index contributed by atoms with van der Waals surface area (Å²) in [5.74, 6) is 0.361. The van der Waals surface area contributed by atoms with Gasteiger partial charge in [-0.15, -0.1) is 0 Å². The number of benzene rings is 3. The zero-order valence-electron chi connectivity index (χ0n) is 18.8. The average Bonchev–Trinajstić information content (AvgIpc) is 2.86. The first-order valence-corrected chi connectivity index (χ1v) is 10.7. The van der Waals surface area contributed by atoms with Gasteiger partial charge in [0, 0.05) is 0 Å². The van der Waals surface area contributed by atoms with Gasteiger partial charge in [-0.2, -0.15) is 0 Å². The molecule has 3 aromatic rings. The van der Waals surface area contributed by atoms with Crippen LogP contribution in [-0.2, 0) is 16.1 Å². The van der Waals surface area contributed by atoms with Gasteiger partial charge in [-0.3, -0.25) is 4.79 Å². The summed E-state index contributed by atoms with van der Waals surface area (Å²) in [6, 6.07) is 18.9. The largest absolute Gasteiger partial charge is 0.489 e. The fourth-order valence-corrected chi connectivity index (χ4v) is 3.88. The minimum Gasteiger partial charge on any atom is -0.489 e. The van der Waals surface area contributed by atoms with E-state index in [9.17, 15) is 9.59 Å². The van der Waals surface area contributed by atoms with Gasteiger partial charge in [-0.25, -0.2) is 4.79 Å². The van der Waals surface area contributed by atoms with Crippen LogP contribution < -0.4 is 15.0 Å². The van der Waals surface area contributed by atoms with Crippen LogP contribution in [0.1, 0.15) is 31.9 Å². The van der Waals surface area contributed by atoms with Crippen LogP contribution in [0.5, 0.6) is 5.75 Å². The summed E-state index contributed by atoms with van der Waals surface area (Å²) in [6.07, 6.45) is -0.647. The predicted octanol–water partition coefficient (Wildman–Crippen LogP) is 4.97. The molecule has 0 radical (unpaired) electrons. The van der Waals surface area contributed by atoms with Crippen LogP contribution in [-0.4, -0.2) is 30.3 Å². The lowest BCUT2D eigenvalue weighted by molar-refractivity contribution is -0.121. The number of carbonyl (C=O) groups is 2. The van der Waals surface area contributed by atoms with E-state index < -0.39 is 17.7 Å². The Balaban J connectivity index is 1.71. The zero-order chi connectivity index (χ0) is 22.9. The van der Waals surface area contributed by atoms with Gasteiger partial charge in [0.1, 0.15) is 24.0 Å². The smallest absolute Gasteiger partial charge is 0.408 e. The van der Waals surface area contributed by atoms with E-state index in [1.807, 2.05) is 43.3 Å². The number of fused-ring (bicyclic) bond motifs is 2. The van der Waals surface area contributed by atoms with Crippen LogP contribution in [0, 0.1) is 6.92 Å². The highest BCUT2D eigenvalue weighted by molar-refractivity contribution is 6.01. The first-order valence-electron chi connectivity index (χ1n) is 10.7. The molecule has 1 aliphatic rings. The summed E-state index contributed by atoms with van der Waals surface area (Å²) < 4.78 is 11.3. The number of nitrogens with one attached hydrogen (secondary N) is 1. The van der Waals surface area contributed by atoms with Gasteiger partial charge in [0.2, 0.25) is 0 Å². The number of amides is 2. The van der Waals surface area contributed by atoms with Gasteiger partial charge in [0.15, 0.2) is 0 Å². The number of hydrogen-bond donors (Lipinski definition) is 1. The number of para-hydroxylation sites is 2. The first-order chi connectivity index (χ1) is 15.2. The summed E-state index contributed by atoms with van der Waals surface area (Å²) in [6.45, 7) is 7.78. The lowest BCUT2D eigenvalue weighted by Gasteiger charge is -2.27. The van der Waals surface area contributed by atoms with E-state index in [1.165, 1.54) is 0 Å². The summed E-state index contributed by atoms with van der Waals surface area (Å²) in [5.41, 5.74) is 2.17. The number of alkyl carbamates (subject to hydrolysis) is 1. The Hall–Kier alpha value is -3.54. The van der Waals surface area contributed by atoms with E-state index in [0.29, 0.717) is 18.0 Å². The van der Waals surface area contributed by atoms with Crippen molar-refractivity contribution in [1.29, 1.82) is 0 Å². The molecule has 3 aromatic carbocycles. The second-order valence-electron chi connectivity index (χ2n) is 8.98. The van der Waals surface area contributed by atoms with E-state index in [0.717, 1.165) is 21.9 Å². The van der Waals surface area contributed by atoms with Gasteiger partial charge in [-0.05, 0) is 61.7 Å². The van der Waals surface area contributed by atoms with Gasteiger partial charge in [0.05, 0.1) is 12.2 Å². The van der Waals surface area contributed by atoms with Crippen molar-refractivity contribution in [2.24, 2.45) is 0 Å². The van der Waals surface area contributed by atoms with E-state index in [1.54, 1.807) is 25.7 Å². The van der Waals surface area contributed by atoms with Crippen LogP contribution in [0.4, 0.5) is 10.5 Å². The van der Waals surface area contributed by atoms with Gasteiger partial charge >= 0.3 is 6.09 Å². The highest BCUT2D eigenvalue weighted by Crippen LogP contribution is 2.34. The van der Waals surface area contributed by atoms with Crippen LogP contribution in [0.25, 0.3) is 10.8 Å². The normalized spacial score (nSPS) is 16.2. The third-order valence-corrected chi connectivity index (χ3v) is 5.41. The Morgan fingerprint density at radius 3 is 2.59 bits per heavy atom. The monoisotopic (exact) mass is 432 g/mol. The highest BCUT2D eigenvalue weighted by atomic mass is 16.6. The maximum atomic E-state index is 13.6. The molecule has 2 amide bonds. The molecule has 0 saturated carbocycles. The van der Waals surface area contributed by atoms with Crippen LogP contribution in [0.3, 0.4) is 0 Å². The second kappa shape index (κ2) is 8.54. The first kappa shape index (κ1) is 21.7. The molecule has 0 fully saturated rings. The van der Waals surface area contributed by atoms with Gasteiger partial charge in [0.25, 0.3) is 5.91 Å². The Labute approximate surface area is 188 Å². The minimum atomic E-state index is -0.868. The van der Waals surface area contributed by atoms with Crippen LogP contribution in [0.15, 0.2) is 60.7 Å². The molecule has 1 N–H and O–H groups in total. The summed E-state index contributed by atoms with van der Waals surface area (Å²) >= 11 is 0. The topological polar surface area (TPSA) is 67.9 Å². The van der Waals surface area contributed by atoms with Crippen LogP contribution >= 0.6 is 0 Å². The van der Waals surface area contributed by atoms with E-state index in [2.05, 4.69) is 29.6 Å². The molecule has 0 spiro atoms. The summed E-state index contributed by atoms with van der Waals surface area (Å²) in [5, 5.41) is 4.90. The number of nitrogens with zero attached hydrogens (tertiary/aromatic N) is 1. The highest BCUT2D eigenvalue weighted by Gasteiger charge is 2.34. The number of hydrogen-bond acceptors (Lipinski definition) is 4. The molecule has 0 bridgehead atoms. The molecule has 1 heterocycles. The SMILES string of the molecule is Cc1ccc2ccccc2c1CN1C(=O)C(NC(=O)OC(C)(C)C)COc2ccccc21. The third kappa shape index (κ3) is 4.54. The molecule has 1 unspecified atom stereocenters. The summed E-state index contributed by atoms with van der Waals surface area (Å²) in [7, 11) is 0. The fraction of sp³-hybridized carbons (Fsp3) is 0.308. The molecule has 0 aliphatic carbocycles. The lowest BCUT2D eigenvalue weighted by Crippen LogP contribution is -2.51. The van der Waals surface area contributed by atoms with Crippen molar-refractivity contribution in [1.82, 2.24) is 5.32 Å². The molecule has 0 aromatic heterocycles. The van der Waals surface area contributed by atoms with Gasteiger partial charge in [-0.1, -0.05) is 48.5 Å². The second-order valence-corrected chi connectivity index (χ2v) is 8.98. The number of anilines is 1. The quantitative estimate of drug-likeness (QED) is 0.635. The Kier molecular flexibility index (Phi) is 5.78. The van der Waals surface area contributed by atoms with Crippen LogP contribution in [0.2, 0.25) is 0 Å². The molecular formula is C26H28N2O4. The summed E-state index contributed by atoms with van der Waals surface area (Å²) in [4.78, 5) is 27.7. The molecule has 166 valence electrons. The Morgan fingerprint density at radius 1 is 1.09 bits per heavy atom. The molecule has 0 saturated heterocycles. The molecule has 1 atom stereocenters. The maximum Gasteiger partial charge on any atom is 0.408 e. The predicted molar refractivity (Wildman–Crippen MR) is 125 cm³/mol. The standard InChI is InChI=1S/C26H28N2O4/c1-17-13-14-18-9-5-6-10-19(18)20(17)15-28-22-11-7-8-12-23(22)31-16-21(24(28)29)27-25(30)32-26(2,3)4/h5-14,21H,15-16H2,1-4H3,(H,27,30).